The van der Waals surface area contributed by atoms with Gasteiger partial charge in [0.25, 0.3) is 11.7 Å². The molecule has 0 aromatic heterocycles. The third-order valence-corrected chi connectivity index (χ3v) is 5.36. The second kappa shape index (κ2) is 8.79. The lowest BCUT2D eigenvalue weighted by atomic mass is 10.1. The van der Waals surface area contributed by atoms with Gasteiger partial charge >= 0.3 is 0 Å². The highest BCUT2D eigenvalue weighted by atomic mass is 35.5. The second-order valence-corrected chi connectivity index (χ2v) is 7.42. The molecule has 0 saturated carbocycles. The second-order valence-electron chi connectivity index (χ2n) is 6.01. The van der Waals surface area contributed by atoms with Gasteiger partial charge in [0.15, 0.2) is 6.10 Å². The van der Waals surface area contributed by atoms with E-state index in [1.165, 1.54) is 17.0 Å². The van der Waals surface area contributed by atoms with Crippen LogP contribution in [0.2, 0.25) is 5.02 Å². The van der Waals surface area contributed by atoms with Gasteiger partial charge in [-0.15, -0.1) is 0 Å². The molecule has 1 aliphatic heterocycles. The average molecular weight is 427 g/mol. The number of carbonyl (C=O) groups excluding carboxylic acids is 2. The van der Waals surface area contributed by atoms with Gasteiger partial charge in [-0.2, -0.15) is 8.78 Å². The zero-order chi connectivity index (χ0) is 20.3. The molecule has 1 unspecified atom stereocenters. The molecule has 5 nitrogen and oxygen atoms in total. The van der Waals surface area contributed by atoms with Crippen LogP contribution in [0.5, 0.6) is 5.75 Å². The first-order valence-corrected chi connectivity index (χ1v) is 9.73. The van der Waals surface area contributed by atoms with E-state index in [4.69, 9.17) is 16.3 Å². The maximum Gasteiger partial charge on any atom is 0.289 e. The van der Waals surface area contributed by atoms with Crippen LogP contribution in [0.1, 0.15) is 13.3 Å². The van der Waals surface area contributed by atoms with Gasteiger partial charge in [0, 0.05) is 13.0 Å². The molecule has 1 aliphatic rings. The molecule has 1 atom stereocenters. The van der Waals surface area contributed by atoms with Crippen LogP contribution >= 0.6 is 23.4 Å². The average Bonchev–Trinajstić information content (AvgIpc) is 2.65. The molecular weight excluding hydrogens is 410 g/mol. The van der Waals surface area contributed by atoms with Crippen LogP contribution in [0.4, 0.5) is 20.2 Å². The summed E-state index contributed by atoms with van der Waals surface area (Å²) in [5, 5.41) is 2.73. The highest BCUT2D eigenvalue weighted by molar-refractivity contribution is 7.99. The predicted octanol–water partition coefficient (Wildman–Crippen LogP) is 4.80. The maximum atomic E-state index is 12.8. The van der Waals surface area contributed by atoms with E-state index in [2.05, 4.69) is 5.32 Å². The molecule has 0 fully saturated rings. The minimum absolute atomic E-state index is 0.0158. The lowest BCUT2D eigenvalue weighted by molar-refractivity contribution is -0.125. The van der Waals surface area contributed by atoms with Crippen molar-refractivity contribution in [1.82, 2.24) is 0 Å². The van der Waals surface area contributed by atoms with Crippen LogP contribution in [-0.4, -0.2) is 30.2 Å². The number of ether oxygens (including phenoxy) is 1. The van der Waals surface area contributed by atoms with E-state index in [1.807, 2.05) is 0 Å². The Morgan fingerprint density at radius 1 is 1.29 bits per heavy atom. The quantitative estimate of drug-likeness (QED) is 0.674. The number of nitrogens with one attached hydrogen (secondary N) is 1. The molecule has 3 rings (SSSR count). The van der Waals surface area contributed by atoms with Crippen molar-refractivity contribution in [3.8, 4) is 5.75 Å². The Kier molecular flexibility index (Phi) is 6.41. The molecule has 2 aromatic rings. The Labute approximate surface area is 170 Å². The summed E-state index contributed by atoms with van der Waals surface area (Å²) in [6.07, 6.45) is -0.669. The van der Waals surface area contributed by atoms with E-state index in [0.717, 1.165) is 0 Å². The minimum Gasteiger partial charge on any atom is -0.479 e. The van der Waals surface area contributed by atoms with Gasteiger partial charge in [-0.1, -0.05) is 41.6 Å². The summed E-state index contributed by atoms with van der Waals surface area (Å²) in [7, 11) is 0. The number of amides is 2. The number of hydrogen-bond acceptors (Lipinski definition) is 4. The van der Waals surface area contributed by atoms with Crippen LogP contribution < -0.4 is 15.0 Å². The number of fused-ring (bicyclic) bond motifs is 1. The highest BCUT2D eigenvalue weighted by Crippen LogP contribution is 2.38. The molecule has 148 valence electrons. The molecule has 9 heteroatoms. The van der Waals surface area contributed by atoms with Crippen molar-refractivity contribution in [2.75, 3.05) is 16.8 Å². The molecule has 0 radical (unpaired) electrons. The summed E-state index contributed by atoms with van der Waals surface area (Å²) < 4.78 is 31.1. The monoisotopic (exact) mass is 426 g/mol. The summed E-state index contributed by atoms with van der Waals surface area (Å²) in [4.78, 5) is 26.4. The fourth-order valence-electron chi connectivity index (χ4n) is 2.83. The minimum atomic E-state index is -2.67. The number of benzene rings is 2. The molecule has 0 spiro atoms. The number of carbonyl (C=O) groups is 2. The van der Waals surface area contributed by atoms with E-state index in [0.29, 0.717) is 11.4 Å². The van der Waals surface area contributed by atoms with Crippen LogP contribution in [0.3, 0.4) is 0 Å². The number of thioether (sulfide) groups is 1. The SMILES string of the molecule is CC1Oc2ccccc2N(CCC(=O)Nc2cccc(Cl)c2SC(F)F)C1=O. The lowest BCUT2D eigenvalue weighted by Crippen LogP contribution is -2.45. The summed E-state index contributed by atoms with van der Waals surface area (Å²) in [6.45, 7) is 1.78. The third kappa shape index (κ3) is 4.56. The maximum absolute atomic E-state index is 12.8. The van der Waals surface area contributed by atoms with E-state index in [1.54, 1.807) is 37.3 Å². The molecule has 28 heavy (non-hydrogen) atoms. The van der Waals surface area contributed by atoms with Crippen molar-refractivity contribution in [3.05, 3.63) is 47.5 Å². The number of halogens is 3. The van der Waals surface area contributed by atoms with Crippen molar-refractivity contribution in [2.24, 2.45) is 0 Å². The fraction of sp³-hybridized carbons (Fsp3) is 0.263. The van der Waals surface area contributed by atoms with E-state index in [9.17, 15) is 18.4 Å². The first kappa shape index (κ1) is 20.4. The molecule has 0 aliphatic carbocycles. The van der Waals surface area contributed by atoms with Crippen molar-refractivity contribution in [1.29, 1.82) is 0 Å². The van der Waals surface area contributed by atoms with E-state index >= 15 is 0 Å². The largest absolute Gasteiger partial charge is 0.479 e. The number of rotatable bonds is 6. The Hall–Kier alpha value is -2.32. The van der Waals surface area contributed by atoms with Gasteiger partial charge < -0.3 is 15.0 Å². The summed E-state index contributed by atoms with van der Waals surface area (Å²) in [5.74, 6) is -2.76. The van der Waals surface area contributed by atoms with Crippen molar-refractivity contribution in [3.63, 3.8) is 0 Å². The van der Waals surface area contributed by atoms with Gasteiger partial charge in [0.2, 0.25) is 5.91 Å². The van der Waals surface area contributed by atoms with Gasteiger partial charge in [-0.25, -0.2) is 0 Å². The van der Waals surface area contributed by atoms with E-state index < -0.39 is 17.8 Å². The number of nitrogens with zero attached hydrogens (tertiary/aromatic N) is 1. The van der Waals surface area contributed by atoms with Crippen molar-refractivity contribution < 1.29 is 23.1 Å². The number of para-hydroxylation sites is 2. The van der Waals surface area contributed by atoms with Crippen LogP contribution in [0, 0.1) is 0 Å². The molecule has 1 heterocycles. The van der Waals surface area contributed by atoms with Gasteiger partial charge in [-0.3, -0.25) is 9.59 Å². The number of hydrogen-bond donors (Lipinski definition) is 1. The first-order chi connectivity index (χ1) is 13.4. The highest BCUT2D eigenvalue weighted by Gasteiger charge is 2.31. The molecule has 0 bridgehead atoms. The molecule has 0 saturated heterocycles. The van der Waals surface area contributed by atoms with Gasteiger partial charge in [0.05, 0.1) is 21.3 Å². The predicted molar refractivity (Wildman–Crippen MR) is 105 cm³/mol. The summed E-state index contributed by atoms with van der Waals surface area (Å²) in [5.41, 5.74) is 0.806. The number of anilines is 2. The smallest absolute Gasteiger partial charge is 0.289 e. The summed E-state index contributed by atoms with van der Waals surface area (Å²) >= 11 is 6.24. The lowest BCUT2D eigenvalue weighted by Gasteiger charge is -2.32. The Balaban J connectivity index is 1.70. The number of alkyl halides is 2. The Morgan fingerprint density at radius 2 is 2.04 bits per heavy atom. The zero-order valence-corrected chi connectivity index (χ0v) is 16.4. The third-order valence-electron chi connectivity index (χ3n) is 4.08. The van der Waals surface area contributed by atoms with Crippen molar-refractivity contribution >= 4 is 46.6 Å². The Bertz CT molecular complexity index is 897. The standard InChI is InChI=1S/C19H17ClF2N2O3S/c1-11-18(26)24(14-7-2-3-8-15(14)27-11)10-9-16(25)23-13-6-4-5-12(20)17(13)28-19(21)22/h2-8,11,19H,9-10H2,1H3,(H,23,25). The van der Waals surface area contributed by atoms with Crippen LogP contribution in [0.15, 0.2) is 47.4 Å². The molecular formula is C19H17ClF2N2O3S. The van der Waals surface area contributed by atoms with Crippen molar-refractivity contribution in [2.45, 2.75) is 30.1 Å². The van der Waals surface area contributed by atoms with Gasteiger partial charge in [-0.05, 0) is 31.2 Å². The zero-order valence-electron chi connectivity index (χ0n) is 14.8. The molecule has 2 aromatic carbocycles. The summed E-state index contributed by atoms with van der Waals surface area (Å²) in [6, 6.07) is 11.6. The molecule has 1 N–H and O–H groups in total. The fourth-order valence-corrected chi connectivity index (χ4v) is 3.74. The Morgan fingerprint density at radius 3 is 2.79 bits per heavy atom. The van der Waals surface area contributed by atoms with Crippen LogP contribution in [0.25, 0.3) is 0 Å². The van der Waals surface area contributed by atoms with Gasteiger partial charge in [0.1, 0.15) is 5.75 Å². The first-order valence-electron chi connectivity index (χ1n) is 8.47. The van der Waals surface area contributed by atoms with Crippen LogP contribution in [-0.2, 0) is 9.59 Å². The molecule has 2 amide bonds. The topological polar surface area (TPSA) is 58.6 Å². The van der Waals surface area contributed by atoms with E-state index in [-0.39, 0.29) is 46.2 Å². The normalized spacial score (nSPS) is 16.0.